The molecular weight excluding hydrogens is 297 g/mol. The molecule has 20 heavy (non-hydrogen) atoms. The maximum atomic E-state index is 12.5. The van der Waals surface area contributed by atoms with Gasteiger partial charge in [-0.15, -0.1) is 0 Å². The second kappa shape index (κ2) is 5.04. The largest absolute Gasteiger partial charge is 0.416 e. The first-order valence-corrected chi connectivity index (χ1v) is 5.64. The number of benzene rings is 1. The lowest BCUT2D eigenvalue weighted by atomic mass is 10.2. The third-order valence-corrected chi connectivity index (χ3v) is 2.77. The third kappa shape index (κ3) is 2.85. The highest BCUT2D eigenvalue weighted by Gasteiger charge is 2.31. The number of hydrogen-bond donors (Lipinski definition) is 3. The average Bonchev–Trinajstić information content (AvgIpc) is 2.76. The number of anilines is 2. The normalized spacial score (nSPS) is 11.4. The highest BCUT2D eigenvalue weighted by Crippen LogP contribution is 2.33. The molecule has 0 saturated heterocycles. The van der Waals surface area contributed by atoms with Crippen molar-refractivity contribution in [2.24, 2.45) is 0 Å². The van der Waals surface area contributed by atoms with Crippen LogP contribution in [0.4, 0.5) is 24.7 Å². The number of nitrogens with two attached hydrogens (primary N) is 1. The first-order chi connectivity index (χ1) is 9.29. The first-order valence-electron chi connectivity index (χ1n) is 5.26. The minimum atomic E-state index is -4.50. The van der Waals surface area contributed by atoms with Gasteiger partial charge in [-0.05, 0) is 18.2 Å². The van der Waals surface area contributed by atoms with E-state index in [0.717, 1.165) is 18.2 Å². The van der Waals surface area contributed by atoms with Crippen molar-refractivity contribution in [3.05, 3.63) is 40.5 Å². The van der Waals surface area contributed by atoms with Gasteiger partial charge in [-0.1, -0.05) is 11.6 Å². The number of carbonyl (C=O) groups is 1. The number of nitrogens with zero attached hydrogens (tertiary/aromatic N) is 1. The lowest BCUT2D eigenvalue weighted by molar-refractivity contribution is -0.137. The molecule has 1 amide bonds. The Bertz CT molecular complexity index is 653. The summed E-state index contributed by atoms with van der Waals surface area (Å²) in [5.41, 5.74) is 4.67. The zero-order chi connectivity index (χ0) is 14.9. The molecule has 0 unspecified atom stereocenters. The fraction of sp³-hybridized carbons (Fsp3) is 0.0909. The molecule has 0 fully saturated rings. The molecule has 106 valence electrons. The Balaban J connectivity index is 2.23. The van der Waals surface area contributed by atoms with Gasteiger partial charge in [0.25, 0.3) is 5.91 Å². The van der Waals surface area contributed by atoms with Gasteiger partial charge < -0.3 is 11.1 Å². The Hall–Kier alpha value is -2.22. The molecule has 0 aliphatic carbocycles. The quantitative estimate of drug-likeness (QED) is 0.797. The van der Waals surface area contributed by atoms with Crippen LogP contribution in [0.5, 0.6) is 0 Å². The van der Waals surface area contributed by atoms with E-state index >= 15 is 0 Å². The number of halogens is 4. The van der Waals surface area contributed by atoms with Gasteiger partial charge in [-0.25, -0.2) is 0 Å². The van der Waals surface area contributed by atoms with Gasteiger partial charge in [-0.2, -0.15) is 18.3 Å². The Labute approximate surface area is 115 Å². The third-order valence-electron chi connectivity index (χ3n) is 2.46. The van der Waals surface area contributed by atoms with Crippen LogP contribution in [0.15, 0.2) is 24.4 Å². The summed E-state index contributed by atoms with van der Waals surface area (Å²) >= 11 is 5.71. The van der Waals surface area contributed by atoms with Crippen LogP contribution >= 0.6 is 11.6 Å². The van der Waals surface area contributed by atoms with Crippen molar-refractivity contribution in [1.82, 2.24) is 10.2 Å². The van der Waals surface area contributed by atoms with Crippen LogP contribution in [0.2, 0.25) is 5.02 Å². The van der Waals surface area contributed by atoms with Gasteiger partial charge in [0.05, 0.1) is 22.5 Å². The lowest BCUT2D eigenvalue weighted by Crippen LogP contribution is -2.14. The molecule has 2 rings (SSSR count). The maximum Gasteiger partial charge on any atom is 0.416 e. The SMILES string of the molecule is Nc1[nH]ncc1C(=O)Nc1ccc(C(F)(F)F)cc1Cl. The second-order valence-electron chi connectivity index (χ2n) is 3.84. The van der Waals surface area contributed by atoms with Crippen LogP contribution in [-0.2, 0) is 6.18 Å². The van der Waals surface area contributed by atoms with Crippen molar-refractivity contribution in [2.45, 2.75) is 6.18 Å². The summed E-state index contributed by atoms with van der Waals surface area (Å²) in [6, 6.07) is 2.62. The molecule has 1 aromatic heterocycles. The predicted molar refractivity (Wildman–Crippen MR) is 67.4 cm³/mol. The molecule has 4 N–H and O–H groups in total. The number of aromatic amines is 1. The fourth-order valence-electron chi connectivity index (χ4n) is 1.46. The van der Waals surface area contributed by atoms with Crippen LogP contribution in [0.25, 0.3) is 0 Å². The van der Waals surface area contributed by atoms with E-state index in [0.29, 0.717) is 0 Å². The number of hydrogen-bond acceptors (Lipinski definition) is 3. The lowest BCUT2D eigenvalue weighted by Gasteiger charge is -2.10. The minimum Gasteiger partial charge on any atom is -0.383 e. The van der Waals surface area contributed by atoms with Crippen LogP contribution in [-0.4, -0.2) is 16.1 Å². The standard InChI is InChI=1S/C11H8ClF3N4O/c12-7-3-5(11(13,14)15)1-2-8(7)18-10(20)6-4-17-19-9(6)16/h1-4H,(H,18,20)(H3,16,17,19). The number of aromatic nitrogens is 2. The molecule has 5 nitrogen and oxygen atoms in total. The van der Waals surface area contributed by atoms with E-state index in [4.69, 9.17) is 17.3 Å². The summed E-state index contributed by atoms with van der Waals surface area (Å²) in [5.74, 6) is -0.580. The number of nitrogens with one attached hydrogen (secondary N) is 2. The Kier molecular flexibility index (Phi) is 3.58. The fourth-order valence-corrected chi connectivity index (χ4v) is 1.69. The predicted octanol–water partition coefficient (Wildman–Crippen LogP) is 2.92. The summed E-state index contributed by atoms with van der Waals surface area (Å²) < 4.78 is 37.4. The van der Waals surface area contributed by atoms with Gasteiger partial charge >= 0.3 is 6.18 Å². The molecule has 1 heterocycles. The van der Waals surface area contributed by atoms with E-state index in [2.05, 4.69) is 15.5 Å². The molecule has 2 aromatic rings. The summed E-state index contributed by atoms with van der Waals surface area (Å²) in [4.78, 5) is 11.8. The van der Waals surface area contributed by atoms with Gasteiger partial charge in [0, 0.05) is 0 Å². The van der Waals surface area contributed by atoms with E-state index in [9.17, 15) is 18.0 Å². The van der Waals surface area contributed by atoms with Crippen LogP contribution < -0.4 is 11.1 Å². The molecule has 0 aliphatic rings. The molecule has 0 spiro atoms. The second-order valence-corrected chi connectivity index (χ2v) is 4.25. The molecule has 0 atom stereocenters. The zero-order valence-corrected chi connectivity index (χ0v) is 10.5. The number of rotatable bonds is 2. The molecule has 1 aromatic carbocycles. The highest BCUT2D eigenvalue weighted by atomic mass is 35.5. The van der Waals surface area contributed by atoms with E-state index in [-0.39, 0.29) is 22.1 Å². The van der Waals surface area contributed by atoms with Gasteiger partial charge in [-0.3, -0.25) is 9.89 Å². The summed E-state index contributed by atoms with van der Waals surface area (Å²) in [7, 11) is 0. The number of nitrogen functional groups attached to an aromatic ring is 1. The Morgan fingerprint density at radius 3 is 2.60 bits per heavy atom. The molecule has 0 radical (unpaired) electrons. The highest BCUT2D eigenvalue weighted by molar-refractivity contribution is 6.34. The van der Waals surface area contributed by atoms with Gasteiger partial charge in [0.15, 0.2) is 0 Å². The number of H-pyrrole nitrogens is 1. The topological polar surface area (TPSA) is 83.8 Å². The number of carbonyl (C=O) groups excluding carboxylic acids is 1. The minimum absolute atomic E-state index is 0.0465. The van der Waals surface area contributed by atoms with Gasteiger partial charge in [0.2, 0.25) is 0 Å². The van der Waals surface area contributed by atoms with E-state index in [1.807, 2.05) is 0 Å². The van der Waals surface area contributed by atoms with Crippen LogP contribution in [0, 0.1) is 0 Å². The monoisotopic (exact) mass is 304 g/mol. The van der Waals surface area contributed by atoms with Crippen molar-refractivity contribution in [3.63, 3.8) is 0 Å². The smallest absolute Gasteiger partial charge is 0.383 e. The molecular formula is C11H8ClF3N4O. The van der Waals surface area contributed by atoms with E-state index in [1.165, 1.54) is 6.20 Å². The Morgan fingerprint density at radius 2 is 2.10 bits per heavy atom. The maximum absolute atomic E-state index is 12.5. The van der Waals surface area contributed by atoms with Crippen LogP contribution in [0.3, 0.4) is 0 Å². The van der Waals surface area contributed by atoms with E-state index < -0.39 is 17.6 Å². The molecule has 0 saturated carbocycles. The van der Waals surface area contributed by atoms with Crippen molar-refractivity contribution in [2.75, 3.05) is 11.1 Å². The average molecular weight is 305 g/mol. The van der Waals surface area contributed by atoms with E-state index in [1.54, 1.807) is 0 Å². The van der Waals surface area contributed by atoms with Crippen molar-refractivity contribution < 1.29 is 18.0 Å². The van der Waals surface area contributed by atoms with Gasteiger partial charge in [0.1, 0.15) is 11.4 Å². The van der Waals surface area contributed by atoms with Crippen molar-refractivity contribution in [1.29, 1.82) is 0 Å². The first kappa shape index (κ1) is 14.2. The Morgan fingerprint density at radius 1 is 1.40 bits per heavy atom. The molecule has 9 heteroatoms. The van der Waals surface area contributed by atoms with Crippen molar-refractivity contribution >= 4 is 29.0 Å². The summed E-state index contributed by atoms with van der Waals surface area (Å²) in [6.45, 7) is 0. The number of alkyl halides is 3. The summed E-state index contributed by atoms with van der Waals surface area (Å²) in [6.07, 6.45) is -3.30. The zero-order valence-electron chi connectivity index (χ0n) is 9.75. The van der Waals surface area contributed by atoms with Crippen molar-refractivity contribution in [3.8, 4) is 0 Å². The summed E-state index contributed by atoms with van der Waals surface area (Å²) in [5, 5.41) is 8.05. The number of amides is 1. The molecule has 0 bridgehead atoms. The molecule has 0 aliphatic heterocycles. The van der Waals surface area contributed by atoms with Crippen LogP contribution in [0.1, 0.15) is 15.9 Å².